The molecule has 7 nitrogen and oxygen atoms in total. The van der Waals surface area contributed by atoms with Crippen LogP contribution in [0, 0.1) is 0 Å². The van der Waals surface area contributed by atoms with Crippen LogP contribution in [0.15, 0.2) is 23.0 Å². The van der Waals surface area contributed by atoms with Crippen molar-refractivity contribution in [3.63, 3.8) is 0 Å². The van der Waals surface area contributed by atoms with Gasteiger partial charge in [0, 0.05) is 5.56 Å². The third kappa shape index (κ3) is 3.29. The van der Waals surface area contributed by atoms with Crippen LogP contribution >= 0.6 is 11.6 Å². The lowest BCUT2D eigenvalue weighted by atomic mass is 9.94. The summed E-state index contributed by atoms with van der Waals surface area (Å²) in [5.41, 5.74) is -0.294. The minimum Gasteiger partial charge on any atom is -0.478 e. The molecular formula is C14H8ClF3N2O5. The Hall–Kier alpha value is -3.01. The molecule has 0 radical (unpaired) electrons. The van der Waals surface area contributed by atoms with Gasteiger partial charge in [0.2, 0.25) is 0 Å². The molecule has 11 heteroatoms. The fourth-order valence-corrected chi connectivity index (χ4v) is 2.46. The molecule has 0 amide bonds. The van der Waals surface area contributed by atoms with E-state index in [1.807, 2.05) is 4.98 Å². The number of benzene rings is 1. The fraction of sp³-hybridized carbons (Fsp3) is 0.0714. The number of hydrogen-bond acceptors (Lipinski definition) is 4. The maximum atomic E-state index is 13.0. The Kier molecular flexibility index (Phi) is 4.49. The second-order valence-corrected chi connectivity index (χ2v) is 5.20. The fourth-order valence-electron chi connectivity index (χ4n) is 2.23. The Morgan fingerprint density at radius 3 is 2.16 bits per heavy atom. The number of halogens is 4. The van der Waals surface area contributed by atoms with Gasteiger partial charge < -0.3 is 20.9 Å². The van der Waals surface area contributed by atoms with Crippen LogP contribution in [0.3, 0.4) is 0 Å². The monoisotopic (exact) mass is 376 g/mol. The molecule has 0 saturated heterocycles. The van der Waals surface area contributed by atoms with Gasteiger partial charge in [0.25, 0.3) is 5.56 Å². The Bertz CT molecular complexity index is 953. The highest BCUT2D eigenvalue weighted by Crippen LogP contribution is 2.38. The van der Waals surface area contributed by atoms with Crippen LogP contribution in [0.25, 0.3) is 11.1 Å². The highest BCUT2D eigenvalue weighted by Gasteiger charge is 2.35. The number of nitrogen functional groups attached to an aromatic ring is 1. The van der Waals surface area contributed by atoms with Crippen molar-refractivity contribution in [2.45, 2.75) is 6.18 Å². The van der Waals surface area contributed by atoms with E-state index in [1.54, 1.807) is 0 Å². The number of aromatic amines is 1. The second-order valence-electron chi connectivity index (χ2n) is 4.80. The molecule has 0 unspecified atom stereocenters. The summed E-state index contributed by atoms with van der Waals surface area (Å²) in [6.07, 6.45) is -4.88. The van der Waals surface area contributed by atoms with Gasteiger partial charge in [-0.15, -0.1) is 0 Å². The normalized spacial score (nSPS) is 11.4. The molecule has 0 aliphatic carbocycles. The molecule has 5 N–H and O–H groups in total. The standard InChI is InChI=1S/C14H8ClF3N2O5/c15-6-2-1-4(3-5(6)14(16,17)18)7-8(12(22)23)10(19)20-11(21)9(7)13(24)25/h1-3H,(H,22,23)(H,24,25)(H3,19,20,21). The van der Waals surface area contributed by atoms with Crippen LogP contribution in [0.4, 0.5) is 19.0 Å². The van der Waals surface area contributed by atoms with E-state index >= 15 is 0 Å². The van der Waals surface area contributed by atoms with Crippen molar-refractivity contribution >= 4 is 29.4 Å². The van der Waals surface area contributed by atoms with Gasteiger partial charge in [0.15, 0.2) is 0 Å². The number of rotatable bonds is 3. The van der Waals surface area contributed by atoms with Crippen LogP contribution < -0.4 is 11.3 Å². The smallest absolute Gasteiger partial charge is 0.417 e. The molecule has 25 heavy (non-hydrogen) atoms. The topological polar surface area (TPSA) is 133 Å². The maximum Gasteiger partial charge on any atom is 0.417 e. The summed E-state index contributed by atoms with van der Waals surface area (Å²) < 4.78 is 39.0. The third-order valence-corrected chi connectivity index (χ3v) is 3.56. The molecule has 132 valence electrons. The molecular weight excluding hydrogens is 369 g/mol. The Labute approximate surface area is 141 Å². The van der Waals surface area contributed by atoms with E-state index in [4.69, 9.17) is 17.3 Å². The van der Waals surface area contributed by atoms with Crippen molar-refractivity contribution in [1.29, 1.82) is 0 Å². The number of anilines is 1. The predicted octanol–water partition coefficient (Wildman–Crippen LogP) is 2.69. The number of nitrogens with one attached hydrogen (secondary N) is 1. The van der Waals surface area contributed by atoms with Crippen LogP contribution in [0.5, 0.6) is 0 Å². The SMILES string of the molecule is Nc1[nH]c(=O)c(C(=O)O)c(-c2ccc(Cl)c(C(F)(F)F)c2)c1C(=O)O. The number of H-pyrrole nitrogens is 1. The van der Waals surface area contributed by atoms with E-state index < -0.39 is 62.3 Å². The average Bonchev–Trinajstić information content (AvgIpc) is 2.44. The Morgan fingerprint density at radius 2 is 1.68 bits per heavy atom. The molecule has 0 aliphatic heterocycles. The van der Waals surface area contributed by atoms with E-state index in [9.17, 15) is 37.8 Å². The summed E-state index contributed by atoms with van der Waals surface area (Å²) in [6, 6.07) is 2.23. The summed E-state index contributed by atoms with van der Waals surface area (Å²) in [7, 11) is 0. The minimum absolute atomic E-state index is 0.454. The number of pyridine rings is 1. The third-order valence-electron chi connectivity index (χ3n) is 3.23. The van der Waals surface area contributed by atoms with Crippen LogP contribution in [0.2, 0.25) is 5.02 Å². The predicted molar refractivity (Wildman–Crippen MR) is 80.8 cm³/mol. The van der Waals surface area contributed by atoms with Gasteiger partial charge in [-0.1, -0.05) is 17.7 Å². The number of aromatic nitrogens is 1. The van der Waals surface area contributed by atoms with Crippen molar-refractivity contribution < 1.29 is 33.0 Å². The zero-order chi connectivity index (χ0) is 19.1. The zero-order valence-electron chi connectivity index (χ0n) is 11.9. The number of carboxylic acid groups (broad SMARTS) is 2. The number of aromatic carboxylic acids is 2. The summed E-state index contributed by atoms with van der Waals surface area (Å²) in [6.45, 7) is 0. The molecule has 0 spiro atoms. The quantitative estimate of drug-likeness (QED) is 0.650. The largest absolute Gasteiger partial charge is 0.478 e. The summed E-state index contributed by atoms with van der Waals surface area (Å²) in [5, 5.41) is 17.8. The molecule has 0 atom stereocenters. The van der Waals surface area contributed by atoms with Crippen molar-refractivity contribution in [3.05, 3.63) is 50.3 Å². The lowest BCUT2D eigenvalue weighted by Gasteiger charge is -2.15. The molecule has 2 rings (SSSR count). The van der Waals surface area contributed by atoms with Crippen molar-refractivity contribution in [2.75, 3.05) is 5.73 Å². The molecule has 0 fully saturated rings. The van der Waals surface area contributed by atoms with Gasteiger partial charge >= 0.3 is 18.1 Å². The van der Waals surface area contributed by atoms with E-state index in [-0.39, 0.29) is 0 Å². The highest BCUT2D eigenvalue weighted by atomic mass is 35.5. The molecule has 0 aliphatic rings. The molecule has 0 bridgehead atoms. The average molecular weight is 377 g/mol. The second kappa shape index (κ2) is 6.13. The number of hydrogen-bond donors (Lipinski definition) is 4. The Morgan fingerprint density at radius 1 is 1.12 bits per heavy atom. The first-order chi connectivity index (χ1) is 11.4. The van der Waals surface area contributed by atoms with Crippen LogP contribution in [-0.4, -0.2) is 27.1 Å². The first-order valence-corrected chi connectivity index (χ1v) is 6.72. The first-order valence-electron chi connectivity index (χ1n) is 6.34. The van der Waals surface area contributed by atoms with Gasteiger partial charge in [-0.2, -0.15) is 13.2 Å². The molecule has 1 aromatic carbocycles. The van der Waals surface area contributed by atoms with Crippen molar-refractivity contribution in [1.82, 2.24) is 4.98 Å². The zero-order valence-corrected chi connectivity index (χ0v) is 12.7. The summed E-state index contributed by atoms with van der Waals surface area (Å²) in [5.74, 6) is -4.25. The van der Waals surface area contributed by atoms with Crippen molar-refractivity contribution in [3.8, 4) is 11.1 Å². The van der Waals surface area contributed by atoms with Gasteiger partial charge in [0.1, 0.15) is 16.9 Å². The van der Waals surface area contributed by atoms with E-state index in [0.717, 1.165) is 12.1 Å². The van der Waals surface area contributed by atoms with E-state index in [1.165, 1.54) is 0 Å². The number of carboxylic acids is 2. The summed E-state index contributed by atoms with van der Waals surface area (Å²) >= 11 is 5.49. The highest BCUT2D eigenvalue weighted by molar-refractivity contribution is 6.31. The van der Waals surface area contributed by atoms with E-state index in [2.05, 4.69) is 0 Å². The van der Waals surface area contributed by atoms with Gasteiger partial charge in [-0.05, 0) is 17.7 Å². The van der Waals surface area contributed by atoms with Gasteiger partial charge in [-0.25, -0.2) is 9.59 Å². The minimum atomic E-state index is -4.88. The van der Waals surface area contributed by atoms with Gasteiger partial charge in [-0.3, -0.25) is 4.79 Å². The molecule has 2 aromatic rings. The van der Waals surface area contributed by atoms with E-state index in [0.29, 0.717) is 6.07 Å². The number of carbonyl (C=O) groups is 2. The Balaban J connectivity index is 2.99. The van der Waals surface area contributed by atoms with Crippen molar-refractivity contribution in [2.24, 2.45) is 0 Å². The maximum absolute atomic E-state index is 13.0. The molecule has 0 saturated carbocycles. The van der Waals surface area contributed by atoms with Crippen LogP contribution in [0.1, 0.15) is 26.3 Å². The molecule has 1 heterocycles. The lowest BCUT2D eigenvalue weighted by molar-refractivity contribution is -0.137. The lowest BCUT2D eigenvalue weighted by Crippen LogP contribution is -2.24. The number of alkyl halides is 3. The van der Waals surface area contributed by atoms with Gasteiger partial charge in [0.05, 0.1) is 10.6 Å². The first kappa shape index (κ1) is 18.3. The van der Waals surface area contributed by atoms with Crippen LogP contribution in [-0.2, 0) is 6.18 Å². The number of nitrogens with two attached hydrogens (primary N) is 1. The summed E-state index contributed by atoms with van der Waals surface area (Å²) in [4.78, 5) is 36.4. The molecule has 1 aromatic heterocycles.